The van der Waals surface area contributed by atoms with E-state index in [1.54, 1.807) is 6.26 Å². The van der Waals surface area contributed by atoms with Gasteiger partial charge in [-0.3, -0.25) is 4.79 Å². The molecule has 1 atom stereocenters. The Labute approximate surface area is 267 Å². The van der Waals surface area contributed by atoms with E-state index < -0.39 is 0 Å². The van der Waals surface area contributed by atoms with Crippen molar-refractivity contribution < 1.29 is 13.9 Å². The minimum Gasteiger partial charge on any atom is -0.463 e. The van der Waals surface area contributed by atoms with Gasteiger partial charge in [0, 0.05) is 53.4 Å². The number of furan rings is 1. The van der Waals surface area contributed by atoms with Crippen LogP contribution in [0.5, 0.6) is 6.01 Å². The minimum absolute atomic E-state index is 0.0167. The van der Waals surface area contributed by atoms with Crippen LogP contribution in [-0.4, -0.2) is 78.1 Å². The first kappa shape index (κ1) is 28.3. The Kier molecular flexibility index (Phi) is 6.95. The molecule has 0 N–H and O–H groups in total. The van der Waals surface area contributed by atoms with E-state index in [9.17, 15) is 4.79 Å². The molecule has 1 unspecified atom stereocenters. The minimum atomic E-state index is 0.0167. The van der Waals surface area contributed by atoms with Crippen molar-refractivity contribution in [3.63, 3.8) is 0 Å². The molecule has 5 heterocycles. The number of amides is 1. The van der Waals surface area contributed by atoms with Gasteiger partial charge in [0.05, 0.1) is 17.2 Å². The number of halogens is 1. The average Bonchev–Trinajstić information content (AvgIpc) is 3.70. The average molecular weight is 622 g/mol. The SMILES string of the molecule is C=CC(=O)N1CC2(CCN(c3nc(OCC4CCCN4C)nc4cc(-c5cccc6cccc(Cl)c56)c5ccoc5c34)CC2)C1. The lowest BCUT2D eigenvalue weighted by atomic mass is 9.72. The Bertz CT molecular complexity index is 1950. The van der Waals surface area contributed by atoms with Crippen LogP contribution in [0, 0.1) is 5.41 Å². The number of aromatic nitrogens is 2. The molecule has 5 aromatic rings. The van der Waals surface area contributed by atoms with E-state index in [2.05, 4.69) is 53.8 Å². The lowest BCUT2D eigenvalue weighted by Crippen LogP contribution is -2.61. The zero-order valence-corrected chi connectivity index (χ0v) is 26.2. The Morgan fingerprint density at radius 1 is 1.09 bits per heavy atom. The molecule has 2 aromatic heterocycles. The van der Waals surface area contributed by atoms with Crippen molar-refractivity contribution in [3.05, 3.63) is 72.5 Å². The number of benzene rings is 3. The Morgan fingerprint density at radius 2 is 1.89 bits per heavy atom. The van der Waals surface area contributed by atoms with Crippen molar-refractivity contribution in [3.8, 4) is 17.1 Å². The van der Waals surface area contributed by atoms with Crippen LogP contribution < -0.4 is 9.64 Å². The van der Waals surface area contributed by atoms with Crippen LogP contribution in [0.25, 0.3) is 43.8 Å². The van der Waals surface area contributed by atoms with Crippen molar-refractivity contribution in [1.82, 2.24) is 19.8 Å². The third-order valence-corrected chi connectivity index (χ3v) is 10.6. The maximum absolute atomic E-state index is 12.1. The summed E-state index contributed by atoms with van der Waals surface area (Å²) >= 11 is 6.79. The molecule has 0 aliphatic carbocycles. The predicted octanol–water partition coefficient (Wildman–Crippen LogP) is 6.94. The molecule has 1 spiro atoms. The van der Waals surface area contributed by atoms with Gasteiger partial charge in [-0.1, -0.05) is 48.5 Å². The number of hydrogen-bond acceptors (Lipinski definition) is 7. The second kappa shape index (κ2) is 11.0. The number of nitrogens with zero attached hydrogens (tertiary/aromatic N) is 5. The summed E-state index contributed by atoms with van der Waals surface area (Å²) in [5, 5.41) is 4.68. The lowest BCUT2D eigenvalue weighted by Gasteiger charge is -2.53. The molecular weight excluding hydrogens is 586 g/mol. The number of fused-ring (bicyclic) bond motifs is 4. The number of hydrogen-bond donors (Lipinski definition) is 0. The van der Waals surface area contributed by atoms with Gasteiger partial charge < -0.3 is 23.9 Å². The molecule has 0 radical (unpaired) electrons. The van der Waals surface area contributed by atoms with Crippen molar-refractivity contribution in [2.24, 2.45) is 5.41 Å². The molecule has 0 bridgehead atoms. The Morgan fingerprint density at radius 3 is 2.64 bits per heavy atom. The highest BCUT2D eigenvalue weighted by atomic mass is 35.5. The molecule has 45 heavy (non-hydrogen) atoms. The monoisotopic (exact) mass is 621 g/mol. The third-order valence-electron chi connectivity index (χ3n) is 10.2. The van der Waals surface area contributed by atoms with Gasteiger partial charge in [0.25, 0.3) is 0 Å². The summed E-state index contributed by atoms with van der Waals surface area (Å²) < 4.78 is 12.6. The zero-order valence-electron chi connectivity index (χ0n) is 25.5. The summed E-state index contributed by atoms with van der Waals surface area (Å²) in [6, 6.07) is 17.2. The topological polar surface area (TPSA) is 74.9 Å². The molecule has 230 valence electrons. The Hall–Kier alpha value is -4.14. The number of likely N-dealkylation sites (tertiary alicyclic amines) is 2. The maximum Gasteiger partial charge on any atom is 0.319 e. The van der Waals surface area contributed by atoms with Crippen LogP contribution in [0.3, 0.4) is 0 Å². The highest BCUT2D eigenvalue weighted by Gasteiger charge is 2.46. The van der Waals surface area contributed by atoms with Gasteiger partial charge in [-0.05, 0) is 80.1 Å². The fourth-order valence-corrected chi connectivity index (χ4v) is 7.93. The van der Waals surface area contributed by atoms with Gasteiger partial charge in [0.15, 0.2) is 0 Å². The van der Waals surface area contributed by atoms with Gasteiger partial charge in [-0.15, -0.1) is 0 Å². The van der Waals surface area contributed by atoms with Gasteiger partial charge in [0.1, 0.15) is 18.0 Å². The predicted molar refractivity (Wildman–Crippen MR) is 179 cm³/mol. The van der Waals surface area contributed by atoms with Crippen molar-refractivity contribution in [1.29, 1.82) is 0 Å². The van der Waals surface area contributed by atoms with E-state index in [1.165, 1.54) is 12.5 Å². The highest BCUT2D eigenvalue weighted by Crippen LogP contribution is 2.45. The van der Waals surface area contributed by atoms with Crippen molar-refractivity contribution in [2.45, 2.75) is 31.7 Å². The number of carbonyl (C=O) groups is 1. The number of rotatable bonds is 6. The number of anilines is 1. The summed E-state index contributed by atoms with van der Waals surface area (Å²) in [7, 11) is 2.15. The van der Waals surface area contributed by atoms with E-state index in [-0.39, 0.29) is 11.3 Å². The van der Waals surface area contributed by atoms with E-state index in [4.69, 9.17) is 30.7 Å². The smallest absolute Gasteiger partial charge is 0.319 e. The molecule has 3 saturated heterocycles. The summed E-state index contributed by atoms with van der Waals surface area (Å²) in [5.74, 6) is 0.855. The first-order valence-electron chi connectivity index (χ1n) is 15.8. The van der Waals surface area contributed by atoms with Gasteiger partial charge in [0.2, 0.25) is 5.91 Å². The second-order valence-corrected chi connectivity index (χ2v) is 13.3. The van der Waals surface area contributed by atoms with Gasteiger partial charge in [-0.25, -0.2) is 0 Å². The van der Waals surface area contributed by atoms with Crippen LogP contribution in [-0.2, 0) is 4.79 Å². The van der Waals surface area contributed by atoms with Crippen LogP contribution in [0.2, 0.25) is 5.02 Å². The van der Waals surface area contributed by atoms with E-state index in [1.807, 2.05) is 23.1 Å². The molecule has 1 amide bonds. The number of piperidine rings is 1. The molecule has 3 aromatic carbocycles. The number of likely N-dealkylation sites (N-methyl/N-ethyl adjacent to an activating group) is 1. The van der Waals surface area contributed by atoms with E-state index >= 15 is 0 Å². The van der Waals surface area contributed by atoms with Crippen molar-refractivity contribution in [2.75, 3.05) is 51.3 Å². The van der Waals surface area contributed by atoms with E-state index in [0.717, 1.165) is 102 Å². The van der Waals surface area contributed by atoms with Crippen molar-refractivity contribution >= 4 is 56.0 Å². The van der Waals surface area contributed by atoms with Gasteiger partial charge >= 0.3 is 6.01 Å². The van der Waals surface area contributed by atoms with Crippen LogP contribution in [0.1, 0.15) is 25.7 Å². The molecule has 3 aliphatic heterocycles. The Balaban J connectivity index is 1.22. The fraction of sp³-hybridized carbons (Fsp3) is 0.361. The van der Waals surface area contributed by atoms with Crippen LogP contribution in [0.15, 0.2) is 71.9 Å². The second-order valence-electron chi connectivity index (χ2n) is 12.9. The summed E-state index contributed by atoms with van der Waals surface area (Å²) in [6.45, 7) is 8.52. The van der Waals surface area contributed by atoms with Gasteiger partial charge in [-0.2, -0.15) is 9.97 Å². The summed E-state index contributed by atoms with van der Waals surface area (Å²) in [6.07, 6.45) is 7.40. The highest BCUT2D eigenvalue weighted by molar-refractivity contribution is 6.37. The van der Waals surface area contributed by atoms with E-state index in [0.29, 0.717) is 23.7 Å². The molecule has 3 aliphatic rings. The standard InChI is InChI=1S/C36H36ClN5O3/c1-3-30(43)42-21-36(22-42)13-16-41(17-14-36)34-32-29(38-35(39-34)45-20-24-9-6-15-40(24)2)19-27(26-12-18-44-33(26)32)25-10-4-7-23-8-5-11-28(37)31(23)25/h3-5,7-8,10-12,18-19,24H,1,6,9,13-17,20-22H2,2H3. The molecule has 8 rings (SSSR count). The largest absolute Gasteiger partial charge is 0.463 e. The van der Waals surface area contributed by atoms with Crippen LogP contribution >= 0.6 is 11.6 Å². The molecular formula is C36H36ClN5O3. The number of ether oxygens (including phenoxy) is 1. The fourth-order valence-electron chi connectivity index (χ4n) is 7.65. The molecule has 8 nitrogen and oxygen atoms in total. The summed E-state index contributed by atoms with van der Waals surface area (Å²) in [5.41, 5.74) is 3.74. The normalized spacial score (nSPS) is 19.9. The third kappa shape index (κ3) is 4.82. The molecule has 3 fully saturated rings. The first-order valence-corrected chi connectivity index (χ1v) is 16.2. The quantitative estimate of drug-likeness (QED) is 0.190. The summed E-state index contributed by atoms with van der Waals surface area (Å²) in [4.78, 5) is 28.8. The first-order chi connectivity index (χ1) is 21.9. The molecule has 0 saturated carbocycles. The van der Waals surface area contributed by atoms with Crippen LogP contribution in [0.4, 0.5) is 5.82 Å². The zero-order chi connectivity index (χ0) is 30.7. The lowest BCUT2D eigenvalue weighted by molar-refractivity contribution is -0.139. The maximum atomic E-state index is 12.1. The molecule has 9 heteroatoms. The number of carbonyl (C=O) groups excluding carboxylic acids is 1.